The van der Waals surface area contributed by atoms with Gasteiger partial charge in [0.05, 0.1) is 24.4 Å². The van der Waals surface area contributed by atoms with Gasteiger partial charge in [-0.05, 0) is 18.6 Å². The number of nitrogens with zero attached hydrogens (tertiary/aromatic N) is 2. The largest absolute Gasteiger partial charge is 0.394 e. The van der Waals surface area contributed by atoms with Crippen molar-refractivity contribution in [3.63, 3.8) is 0 Å². The first kappa shape index (κ1) is 12.0. The number of carbonyl (C=O) groups is 1. The van der Waals surface area contributed by atoms with Crippen LogP contribution in [0.5, 0.6) is 0 Å². The number of aliphatic hydroxyl groups excluding tert-OH is 1. The van der Waals surface area contributed by atoms with Crippen molar-refractivity contribution in [3.05, 3.63) is 41.3 Å². The SMILES string of the molecule is O=C1CCc2c1c(-c1ccccc1F)nn2CCO. The number of hydrogen-bond donors (Lipinski definition) is 1. The van der Waals surface area contributed by atoms with E-state index in [0.29, 0.717) is 36.2 Å². The highest BCUT2D eigenvalue weighted by molar-refractivity contribution is 6.05. The van der Waals surface area contributed by atoms with Crippen LogP contribution in [0.1, 0.15) is 22.5 Å². The minimum atomic E-state index is -0.390. The first-order valence-corrected chi connectivity index (χ1v) is 6.21. The summed E-state index contributed by atoms with van der Waals surface area (Å²) in [6.45, 7) is 0.267. The number of hydrogen-bond acceptors (Lipinski definition) is 3. The van der Waals surface area contributed by atoms with Crippen LogP contribution in [0.25, 0.3) is 11.3 Å². The average molecular weight is 260 g/mol. The summed E-state index contributed by atoms with van der Waals surface area (Å²) in [5, 5.41) is 13.3. The Kier molecular flexibility index (Phi) is 2.91. The minimum Gasteiger partial charge on any atom is -0.394 e. The van der Waals surface area contributed by atoms with Gasteiger partial charge in [0.25, 0.3) is 0 Å². The van der Waals surface area contributed by atoms with Crippen molar-refractivity contribution in [2.75, 3.05) is 6.61 Å². The van der Waals surface area contributed by atoms with Crippen LogP contribution in [0.3, 0.4) is 0 Å². The van der Waals surface area contributed by atoms with Gasteiger partial charge in [-0.3, -0.25) is 9.48 Å². The van der Waals surface area contributed by atoms with E-state index in [2.05, 4.69) is 5.10 Å². The summed E-state index contributed by atoms with van der Waals surface area (Å²) in [4.78, 5) is 12.0. The fourth-order valence-corrected chi connectivity index (χ4v) is 2.52. The smallest absolute Gasteiger partial charge is 0.167 e. The van der Waals surface area contributed by atoms with E-state index in [4.69, 9.17) is 5.11 Å². The van der Waals surface area contributed by atoms with Gasteiger partial charge in [-0.15, -0.1) is 0 Å². The summed E-state index contributed by atoms with van der Waals surface area (Å²) in [7, 11) is 0. The zero-order valence-corrected chi connectivity index (χ0v) is 10.3. The summed E-state index contributed by atoms with van der Waals surface area (Å²) >= 11 is 0. The second-order valence-electron chi connectivity index (χ2n) is 4.52. The monoisotopic (exact) mass is 260 g/mol. The number of halogens is 1. The molecule has 1 aromatic carbocycles. The molecule has 0 saturated carbocycles. The molecule has 5 heteroatoms. The molecule has 1 N–H and O–H groups in total. The van der Waals surface area contributed by atoms with Crippen LogP contribution in [0.15, 0.2) is 24.3 Å². The lowest BCUT2D eigenvalue weighted by molar-refractivity contribution is 0.0995. The van der Waals surface area contributed by atoms with Gasteiger partial charge in [-0.1, -0.05) is 12.1 Å². The highest BCUT2D eigenvalue weighted by Crippen LogP contribution is 2.33. The van der Waals surface area contributed by atoms with Gasteiger partial charge in [0.1, 0.15) is 11.5 Å². The Bertz CT molecular complexity index is 649. The zero-order chi connectivity index (χ0) is 13.4. The number of aromatic nitrogens is 2. The summed E-state index contributed by atoms with van der Waals surface area (Å²) < 4.78 is 15.5. The highest BCUT2D eigenvalue weighted by Gasteiger charge is 2.30. The third-order valence-electron chi connectivity index (χ3n) is 3.37. The van der Waals surface area contributed by atoms with Crippen LogP contribution in [0, 0.1) is 5.82 Å². The van der Waals surface area contributed by atoms with Gasteiger partial charge in [-0.2, -0.15) is 5.10 Å². The van der Waals surface area contributed by atoms with E-state index in [1.54, 1.807) is 22.9 Å². The van der Waals surface area contributed by atoms with Gasteiger partial charge < -0.3 is 5.11 Å². The van der Waals surface area contributed by atoms with E-state index in [9.17, 15) is 9.18 Å². The molecule has 98 valence electrons. The van der Waals surface area contributed by atoms with Gasteiger partial charge in [0.15, 0.2) is 5.78 Å². The number of rotatable bonds is 3. The molecule has 19 heavy (non-hydrogen) atoms. The normalized spacial score (nSPS) is 13.9. The second-order valence-corrected chi connectivity index (χ2v) is 4.52. The number of aliphatic hydroxyl groups is 1. The Labute approximate surface area is 109 Å². The van der Waals surface area contributed by atoms with Gasteiger partial charge >= 0.3 is 0 Å². The Morgan fingerprint density at radius 3 is 2.84 bits per heavy atom. The molecule has 0 fully saturated rings. The Morgan fingerprint density at radius 2 is 2.11 bits per heavy atom. The fraction of sp³-hybridized carbons (Fsp3) is 0.286. The summed E-state index contributed by atoms with van der Waals surface area (Å²) in [6.07, 6.45) is 1.04. The molecule has 3 rings (SSSR count). The van der Waals surface area contributed by atoms with Crippen LogP contribution in [-0.2, 0) is 13.0 Å². The summed E-state index contributed by atoms with van der Waals surface area (Å²) in [5.74, 6) is -0.393. The lowest BCUT2D eigenvalue weighted by Crippen LogP contribution is -2.07. The molecule has 1 aromatic heterocycles. The third kappa shape index (κ3) is 1.86. The van der Waals surface area contributed by atoms with Gasteiger partial charge in [0, 0.05) is 12.0 Å². The lowest BCUT2D eigenvalue weighted by atomic mass is 10.1. The lowest BCUT2D eigenvalue weighted by Gasteiger charge is -2.02. The second kappa shape index (κ2) is 4.59. The van der Waals surface area contributed by atoms with Crippen LogP contribution in [-0.4, -0.2) is 27.3 Å². The van der Waals surface area contributed by atoms with E-state index in [1.165, 1.54) is 6.07 Å². The fourth-order valence-electron chi connectivity index (χ4n) is 2.52. The van der Waals surface area contributed by atoms with E-state index in [1.807, 2.05) is 0 Å². The molecule has 0 unspecified atom stereocenters. The first-order chi connectivity index (χ1) is 9.22. The maximum absolute atomic E-state index is 13.9. The molecule has 0 bridgehead atoms. The maximum atomic E-state index is 13.9. The van der Waals surface area contributed by atoms with Crippen molar-refractivity contribution in [2.45, 2.75) is 19.4 Å². The molecular formula is C14H13FN2O2. The number of Topliss-reactive ketones (excluding diaryl/α,β-unsaturated/α-hetero) is 1. The molecule has 0 radical (unpaired) electrons. The standard InChI is InChI=1S/C14H13FN2O2/c15-10-4-2-1-3-9(10)14-13-11(5-6-12(13)19)17(16-14)7-8-18/h1-4,18H,5-8H2. The molecule has 0 spiro atoms. The average Bonchev–Trinajstić information content (AvgIpc) is 2.94. The number of fused-ring (bicyclic) bond motifs is 1. The minimum absolute atomic E-state index is 0.00237. The number of benzene rings is 1. The van der Waals surface area contributed by atoms with E-state index in [0.717, 1.165) is 5.69 Å². The molecule has 1 aliphatic carbocycles. The first-order valence-electron chi connectivity index (χ1n) is 6.21. The molecule has 1 aliphatic rings. The molecule has 2 aromatic rings. The van der Waals surface area contributed by atoms with Crippen molar-refractivity contribution >= 4 is 5.78 Å². The van der Waals surface area contributed by atoms with Crippen LogP contribution in [0.2, 0.25) is 0 Å². The Morgan fingerprint density at radius 1 is 1.32 bits per heavy atom. The van der Waals surface area contributed by atoms with E-state index < -0.39 is 5.82 Å². The molecular weight excluding hydrogens is 247 g/mol. The maximum Gasteiger partial charge on any atom is 0.167 e. The predicted molar refractivity (Wildman–Crippen MR) is 67.4 cm³/mol. The predicted octanol–water partition coefficient (Wildman–Crippen LogP) is 1.81. The summed E-state index contributed by atoms with van der Waals surface area (Å²) in [5.41, 5.74) is 2.05. The van der Waals surface area contributed by atoms with E-state index in [-0.39, 0.29) is 12.4 Å². The van der Waals surface area contributed by atoms with Crippen molar-refractivity contribution in [1.29, 1.82) is 0 Å². The number of carbonyl (C=O) groups excluding carboxylic acids is 1. The van der Waals surface area contributed by atoms with Crippen LogP contribution >= 0.6 is 0 Å². The molecule has 0 atom stereocenters. The molecule has 0 aliphatic heterocycles. The van der Waals surface area contributed by atoms with Crippen LogP contribution < -0.4 is 0 Å². The molecule has 4 nitrogen and oxygen atoms in total. The van der Waals surface area contributed by atoms with Gasteiger partial charge in [-0.25, -0.2) is 4.39 Å². The number of ketones is 1. The quantitative estimate of drug-likeness (QED) is 0.915. The molecule has 0 saturated heterocycles. The molecule has 1 heterocycles. The topological polar surface area (TPSA) is 55.1 Å². The van der Waals surface area contributed by atoms with Crippen molar-refractivity contribution in [3.8, 4) is 11.3 Å². The highest BCUT2D eigenvalue weighted by atomic mass is 19.1. The van der Waals surface area contributed by atoms with Crippen LogP contribution in [0.4, 0.5) is 4.39 Å². The van der Waals surface area contributed by atoms with Gasteiger partial charge in [0.2, 0.25) is 0 Å². The van der Waals surface area contributed by atoms with E-state index >= 15 is 0 Å². The van der Waals surface area contributed by atoms with Crippen molar-refractivity contribution < 1.29 is 14.3 Å². The van der Waals surface area contributed by atoms with Crippen molar-refractivity contribution in [1.82, 2.24) is 9.78 Å². The Hall–Kier alpha value is -2.01. The third-order valence-corrected chi connectivity index (χ3v) is 3.37. The zero-order valence-electron chi connectivity index (χ0n) is 10.3. The Balaban J connectivity index is 2.20. The molecule has 0 amide bonds. The summed E-state index contributed by atoms with van der Waals surface area (Å²) in [6, 6.07) is 6.29. The van der Waals surface area contributed by atoms with Crippen molar-refractivity contribution in [2.24, 2.45) is 0 Å².